The Morgan fingerprint density at radius 3 is 1.50 bits per heavy atom. The third-order valence-corrected chi connectivity index (χ3v) is 2.58. The molecule has 1 aliphatic carbocycles. The Morgan fingerprint density at radius 1 is 0.833 bits per heavy atom. The van der Waals surface area contributed by atoms with Crippen molar-refractivity contribution in [3.8, 4) is 0 Å². The van der Waals surface area contributed by atoms with Gasteiger partial charge in [-0.05, 0) is 12.8 Å². The van der Waals surface area contributed by atoms with Crippen molar-refractivity contribution in [1.82, 2.24) is 0 Å². The summed E-state index contributed by atoms with van der Waals surface area (Å²) in [5, 5.41) is 18.9. The number of nitrogens with two attached hydrogens (primary N) is 2. The highest BCUT2D eigenvalue weighted by molar-refractivity contribution is 4.89. The molecule has 4 nitrogen and oxygen atoms in total. The first-order valence-electron chi connectivity index (χ1n) is 4.50. The maximum Gasteiger partial charge on any atom is 0.0707 e. The minimum Gasteiger partial charge on any atom is -0.391 e. The highest BCUT2D eigenvalue weighted by Gasteiger charge is 2.28. The summed E-state index contributed by atoms with van der Waals surface area (Å²) in [6, 6.07) is -0.972. The summed E-state index contributed by atoms with van der Waals surface area (Å²) in [5.74, 6) is 0. The molecule has 0 spiro atoms. The highest BCUT2D eigenvalue weighted by Crippen LogP contribution is 2.16. The molecule has 0 aromatic carbocycles. The van der Waals surface area contributed by atoms with Crippen LogP contribution in [0.4, 0.5) is 0 Å². The molecular formula is C8H18N2O2. The van der Waals surface area contributed by atoms with E-state index in [1.165, 1.54) is 0 Å². The first kappa shape index (κ1) is 9.92. The molecule has 4 heteroatoms. The van der Waals surface area contributed by atoms with Crippen LogP contribution in [0.1, 0.15) is 25.7 Å². The van der Waals surface area contributed by atoms with Gasteiger partial charge in [0.05, 0.1) is 12.2 Å². The molecule has 0 heterocycles. The van der Waals surface area contributed by atoms with Crippen LogP contribution >= 0.6 is 0 Å². The summed E-state index contributed by atoms with van der Waals surface area (Å²) >= 11 is 0. The van der Waals surface area contributed by atoms with Gasteiger partial charge in [0.2, 0.25) is 0 Å². The summed E-state index contributed by atoms with van der Waals surface area (Å²) in [4.78, 5) is 0. The Bertz CT molecular complexity index is 127. The van der Waals surface area contributed by atoms with E-state index in [0.717, 1.165) is 12.8 Å². The fourth-order valence-corrected chi connectivity index (χ4v) is 1.60. The second kappa shape index (κ2) is 4.18. The van der Waals surface area contributed by atoms with Crippen LogP contribution in [0.2, 0.25) is 0 Å². The van der Waals surface area contributed by atoms with E-state index in [2.05, 4.69) is 0 Å². The predicted molar refractivity (Wildman–Crippen MR) is 46.4 cm³/mol. The zero-order valence-electron chi connectivity index (χ0n) is 7.19. The van der Waals surface area contributed by atoms with Gasteiger partial charge in [-0.2, -0.15) is 0 Å². The van der Waals surface area contributed by atoms with Crippen LogP contribution in [0, 0.1) is 0 Å². The normalized spacial score (nSPS) is 45.0. The van der Waals surface area contributed by atoms with E-state index in [0.29, 0.717) is 12.8 Å². The smallest absolute Gasteiger partial charge is 0.0707 e. The summed E-state index contributed by atoms with van der Waals surface area (Å²) in [7, 11) is 0. The van der Waals surface area contributed by atoms with Gasteiger partial charge in [0.1, 0.15) is 0 Å². The summed E-state index contributed by atoms with van der Waals surface area (Å²) in [6.45, 7) is 0. The SMILES string of the molecule is N[C@@H]1[C@@H](N)[C@@H](O)CCCC[C@H]1O. The molecule has 1 saturated carbocycles. The van der Waals surface area contributed by atoms with Crippen LogP contribution in [-0.4, -0.2) is 34.5 Å². The standard InChI is InChI=1S/C8H18N2O2/c9-7-5(11)3-1-2-4-6(12)8(7)10/h5-8,11-12H,1-4,9-10H2/t5-,6+,7-,8-/m0/s1. The highest BCUT2D eigenvalue weighted by atomic mass is 16.3. The minimum atomic E-state index is -0.560. The molecule has 0 bridgehead atoms. The Hall–Kier alpha value is -0.160. The van der Waals surface area contributed by atoms with Gasteiger partial charge in [-0.25, -0.2) is 0 Å². The van der Waals surface area contributed by atoms with Gasteiger partial charge in [0.15, 0.2) is 0 Å². The Morgan fingerprint density at radius 2 is 1.17 bits per heavy atom. The van der Waals surface area contributed by atoms with Gasteiger partial charge in [0.25, 0.3) is 0 Å². The second-order valence-electron chi connectivity index (χ2n) is 3.57. The van der Waals surface area contributed by atoms with E-state index in [9.17, 15) is 10.2 Å². The van der Waals surface area contributed by atoms with E-state index < -0.39 is 24.3 Å². The molecule has 0 aromatic heterocycles. The van der Waals surface area contributed by atoms with Crippen LogP contribution in [-0.2, 0) is 0 Å². The monoisotopic (exact) mass is 174 g/mol. The number of rotatable bonds is 0. The van der Waals surface area contributed by atoms with Crippen molar-refractivity contribution >= 4 is 0 Å². The molecule has 0 amide bonds. The van der Waals surface area contributed by atoms with Crippen LogP contribution in [0.5, 0.6) is 0 Å². The predicted octanol–water partition coefficient (Wildman–Crippen LogP) is -1.06. The molecule has 1 rings (SSSR count). The Balaban J connectivity index is 2.55. The fourth-order valence-electron chi connectivity index (χ4n) is 1.60. The third-order valence-electron chi connectivity index (χ3n) is 2.58. The average molecular weight is 174 g/mol. The molecule has 1 aliphatic rings. The maximum absolute atomic E-state index is 9.45. The molecule has 12 heavy (non-hydrogen) atoms. The summed E-state index contributed by atoms with van der Waals surface area (Å²) in [6.07, 6.45) is 2.10. The van der Waals surface area contributed by atoms with E-state index in [1.54, 1.807) is 0 Å². The molecule has 0 radical (unpaired) electrons. The van der Waals surface area contributed by atoms with E-state index >= 15 is 0 Å². The van der Waals surface area contributed by atoms with Crippen molar-refractivity contribution in [3.63, 3.8) is 0 Å². The van der Waals surface area contributed by atoms with Crippen LogP contribution in [0.25, 0.3) is 0 Å². The average Bonchev–Trinajstić information content (AvgIpc) is 2.07. The van der Waals surface area contributed by atoms with Gasteiger partial charge >= 0.3 is 0 Å². The van der Waals surface area contributed by atoms with E-state index in [-0.39, 0.29) is 0 Å². The first-order chi connectivity index (χ1) is 5.63. The quantitative estimate of drug-likeness (QED) is 0.376. The Kier molecular flexibility index (Phi) is 3.46. The molecule has 0 unspecified atom stereocenters. The zero-order chi connectivity index (χ0) is 9.14. The van der Waals surface area contributed by atoms with Crippen LogP contribution in [0.3, 0.4) is 0 Å². The van der Waals surface area contributed by atoms with Crippen molar-refractivity contribution in [3.05, 3.63) is 0 Å². The second-order valence-corrected chi connectivity index (χ2v) is 3.57. The Labute approximate surface area is 72.6 Å². The molecule has 6 N–H and O–H groups in total. The number of hydrogen-bond donors (Lipinski definition) is 4. The number of aliphatic hydroxyl groups excluding tert-OH is 2. The largest absolute Gasteiger partial charge is 0.391 e. The van der Waals surface area contributed by atoms with Crippen molar-refractivity contribution in [1.29, 1.82) is 0 Å². The molecule has 72 valence electrons. The summed E-state index contributed by atoms with van der Waals surface area (Å²) < 4.78 is 0. The van der Waals surface area contributed by atoms with E-state index in [4.69, 9.17) is 11.5 Å². The topological polar surface area (TPSA) is 92.5 Å². The van der Waals surface area contributed by atoms with Crippen LogP contribution in [0.15, 0.2) is 0 Å². The third kappa shape index (κ3) is 2.17. The van der Waals surface area contributed by atoms with E-state index in [1.807, 2.05) is 0 Å². The molecular weight excluding hydrogens is 156 g/mol. The molecule has 1 fully saturated rings. The van der Waals surface area contributed by atoms with Crippen LogP contribution < -0.4 is 11.5 Å². The lowest BCUT2D eigenvalue weighted by molar-refractivity contribution is 0.0529. The fraction of sp³-hybridized carbons (Fsp3) is 1.00. The van der Waals surface area contributed by atoms with Crippen molar-refractivity contribution < 1.29 is 10.2 Å². The van der Waals surface area contributed by atoms with Gasteiger partial charge in [-0.3, -0.25) is 0 Å². The first-order valence-corrected chi connectivity index (χ1v) is 4.50. The zero-order valence-corrected chi connectivity index (χ0v) is 7.19. The number of aliphatic hydroxyl groups is 2. The molecule has 4 atom stereocenters. The lowest BCUT2D eigenvalue weighted by Gasteiger charge is -2.30. The van der Waals surface area contributed by atoms with Crippen molar-refractivity contribution in [2.24, 2.45) is 11.5 Å². The maximum atomic E-state index is 9.45. The summed E-state index contributed by atoms with van der Waals surface area (Å²) in [5.41, 5.74) is 11.3. The van der Waals surface area contributed by atoms with Gasteiger partial charge in [0, 0.05) is 12.1 Å². The van der Waals surface area contributed by atoms with Gasteiger partial charge in [-0.1, -0.05) is 12.8 Å². The molecule has 0 saturated heterocycles. The molecule has 0 aromatic rings. The van der Waals surface area contributed by atoms with Gasteiger partial charge in [-0.15, -0.1) is 0 Å². The minimum absolute atomic E-state index is 0.486. The van der Waals surface area contributed by atoms with Crippen molar-refractivity contribution in [2.75, 3.05) is 0 Å². The molecule has 0 aliphatic heterocycles. The van der Waals surface area contributed by atoms with Crippen molar-refractivity contribution in [2.45, 2.75) is 50.0 Å². The van der Waals surface area contributed by atoms with Gasteiger partial charge < -0.3 is 21.7 Å². The lowest BCUT2D eigenvalue weighted by atomic mass is 9.89. The lowest BCUT2D eigenvalue weighted by Crippen LogP contribution is -2.55. The number of hydrogen-bond acceptors (Lipinski definition) is 4.